The van der Waals surface area contributed by atoms with Crippen LogP contribution in [0.25, 0.3) is 106 Å². The highest BCUT2D eigenvalue weighted by Gasteiger charge is 2.22. The quantitative estimate of drug-likeness (QED) is 0.180. The number of benzene rings is 7. The van der Waals surface area contributed by atoms with Crippen molar-refractivity contribution in [1.29, 1.82) is 0 Å². The summed E-state index contributed by atoms with van der Waals surface area (Å²) >= 11 is 0. The predicted molar refractivity (Wildman–Crippen MR) is 211 cm³/mol. The number of hydrogen-bond acceptors (Lipinski definition) is 6. The van der Waals surface area contributed by atoms with E-state index >= 15 is 0 Å². The van der Waals surface area contributed by atoms with E-state index in [-0.39, 0.29) is 0 Å². The molecule has 4 aromatic heterocycles. The summed E-state index contributed by atoms with van der Waals surface area (Å²) in [6, 6.07) is 55.3. The largest absolute Gasteiger partial charge is 0.456 e. The Hall–Kier alpha value is -7.38. The fourth-order valence-corrected chi connectivity index (χ4v) is 7.55. The second kappa shape index (κ2) is 11.6. The number of aromatic nitrogens is 5. The third-order valence-corrected chi connectivity index (χ3v) is 9.90. The molecule has 0 aliphatic rings. The number of para-hydroxylation sites is 4. The lowest BCUT2D eigenvalue weighted by molar-refractivity contribution is 0.620. The fourth-order valence-electron chi connectivity index (χ4n) is 7.55. The first-order chi connectivity index (χ1) is 26.3. The molecule has 0 bridgehead atoms. The van der Waals surface area contributed by atoms with E-state index in [4.69, 9.17) is 28.8 Å². The van der Waals surface area contributed by atoms with Gasteiger partial charge in [0.1, 0.15) is 16.7 Å². The van der Waals surface area contributed by atoms with E-state index in [0.29, 0.717) is 23.4 Å². The molecule has 0 atom stereocenters. The van der Waals surface area contributed by atoms with E-state index in [1.54, 1.807) is 0 Å². The van der Waals surface area contributed by atoms with Crippen LogP contribution in [0.5, 0.6) is 0 Å². The molecule has 248 valence electrons. The van der Waals surface area contributed by atoms with Crippen molar-refractivity contribution in [3.63, 3.8) is 0 Å². The number of fused-ring (bicyclic) bond motifs is 7. The first kappa shape index (κ1) is 29.4. The maximum atomic E-state index is 6.46. The fraction of sp³-hybridized carbons (Fsp3) is 0. The molecule has 0 unspecified atom stereocenters. The van der Waals surface area contributed by atoms with Crippen molar-refractivity contribution >= 4 is 54.8 Å². The maximum absolute atomic E-state index is 6.46. The van der Waals surface area contributed by atoms with Gasteiger partial charge in [0.05, 0.1) is 11.0 Å². The lowest BCUT2D eigenvalue weighted by atomic mass is 10.0. The second-order valence-electron chi connectivity index (χ2n) is 13.0. The minimum absolute atomic E-state index is 0.525. The molecule has 0 spiro atoms. The monoisotopic (exact) mass is 681 g/mol. The molecule has 7 heteroatoms. The van der Waals surface area contributed by atoms with E-state index in [2.05, 4.69) is 77.4 Å². The molecule has 0 saturated heterocycles. The van der Waals surface area contributed by atoms with Gasteiger partial charge in [-0.05, 0) is 54.6 Å². The third kappa shape index (κ3) is 4.68. The Morgan fingerprint density at radius 3 is 1.72 bits per heavy atom. The second-order valence-corrected chi connectivity index (χ2v) is 13.0. The molecule has 4 heterocycles. The lowest BCUT2D eigenvalue weighted by Gasteiger charge is -2.12. The number of hydrogen-bond donors (Lipinski definition) is 0. The van der Waals surface area contributed by atoms with Crippen LogP contribution in [-0.2, 0) is 0 Å². The molecule has 0 radical (unpaired) electrons. The van der Waals surface area contributed by atoms with Gasteiger partial charge in [0.15, 0.2) is 23.1 Å². The number of nitrogens with zero attached hydrogens (tertiary/aromatic N) is 5. The van der Waals surface area contributed by atoms with Gasteiger partial charge in [-0.15, -0.1) is 0 Å². The molecule has 11 rings (SSSR count). The molecule has 0 aliphatic carbocycles. The molecular weight excluding hydrogens is 655 g/mol. The van der Waals surface area contributed by atoms with Gasteiger partial charge in [0.25, 0.3) is 0 Å². The van der Waals surface area contributed by atoms with Gasteiger partial charge in [0.2, 0.25) is 5.89 Å². The maximum Gasteiger partial charge on any atom is 0.228 e. The zero-order valence-corrected chi connectivity index (χ0v) is 28.1. The Labute approximate surface area is 302 Å². The number of furan rings is 1. The Bertz CT molecular complexity index is 3110. The van der Waals surface area contributed by atoms with Crippen LogP contribution in [-0.4, -0.2) is 24.5 Å². The van der Waals surface area contributed by atoms with Crippen molar-refractivity contribution in [3.8, 4) is 51.3 Å². The first-order valence-corrected chi connectivity index (χ1v) is 17.5. The van der Waals surface area contributed by atoms with Gasteiger partial charge in [-0.1, -0.05) is 109 Å². The van der Waals surface area contributed by atoms with Crippen molar-refractivity contribution in [3.05, 3.63) is 164 Å². The summed E-state index contributed by atoms with van der Waals surface area (Å²) in [6.07, 6.45) is 0. The zero-order chi connectivity index (χ0) is 34.9. The summed E-state index contributed by atoms with van der Waals surface area (Å²) in [6.45, 7) is 0. The molecule has 0 fully saturated rings. The van der Waals surface area contributed by atoms with Gasteiger partial charge < -0.3 is 13.4 Å². The average molecular weight is 682 g/mol. The van der Waals surface area contributed by atoms with Crippen molar-refractivity contribution in [2.75, 3.05) is 0 Å². The molecule has 53 heavy (non-hydrogen) atoms. The summed E-state index contributed by atoms with van der Waals surface area (Å²) < 4.78 is 15.0. The van der Waals surface area contributed by atoms with E-state index in [1.807, 2.05) is 91.0 Å². The van der Waals surface area contributed by atoms with Gasteiger partial charge in [0, 0.05) is 49.5 Å². The molecule has 7 nitrogen and oxygen atoms in total. The Morgan fingerprint density at radius 1 is 0.396 bits per heavy atom. The normalized spacial score (nSPS) is 11.8. The summed E-state index contributed by atoms with van der Waals surface area (Å²) in [5.74, 6) is 2.21. The van der Waals surface area contributed by atoms with Crippen molar-refractivity contribution in [2.45, 2.75) is 0 Å². The van der Waals surface area contributed by atoms with Crippen LogP contribution in [0.2, 0.25) is 0 Å². The van der Waals surface area contributed by atoms with Crippen LogP contribution in [0.15, 0.2) is 173 Å². The van der Waals surface area contributed by atoms with E-state index < -0.39 is 0 Å². The Kier molecular flexibility index (Phi) is 6.42. The minimum atomic E-state index is 0.525. The molecule has 11 aromatic rings. The third-order valence-electron chi connectivity index (χ3n) is 9.90. The molecule has 0 amide bonds. The number of rotatable bonds is 5. The first-order valence-electron chi connectivity index (χ1n) is 17.5. The standard InChI is InChI=1S/C46H27N5O2/c1-2-13-28(14-3-1)43-48-44(29-15-10-16-30(27-29)51-36-22-7-4-17-31(36)32-18-5-8-23-37(32)51)50-45(49-43)33-19-11-25-39-41(33)42-34(20-12-26-40(42)52-39)46-47-35-21-6-9-24-38(35)53-46/h1-27H. The lowest BCUT2D eigenvalue weighted by Crippen LogP contribution is -2.01. The van der Waals surface area contributed by atoms with E-state index in [1.165, 1.54) is 10.8 Å². The SMILES string of the molecule is c1ccc(-c2nc(-c3cccc(-n4c5ccccc5c5ccccc54)c3)nc(-c3cccc4oc5cccc(-c6nc7ccccc7o6)c5c34)n2)cc1. The summed E-state index contributed by atoms with van der Waals surface area (Å²) in [5, 5.41) is 4.19. The summed E-state index contributed by atoms with van der Waals surface area (Å²) in [4.78, 5) is 20.3. The summed E-state index contributed by atoms with van der Waals surface area (Å²) in [5.41, 5.74) is 9.70. The topological polar surface area (TPSA) is 82.8 Å². The molecular formula is C46H27N5O2. The van der Waals surface area contributed by atoms with Gasteiger partial charge >= 0.3 is 0 Å². The molecule has 0 N–H and O–H groups in total. The molecule has 0 aliphatic heterocycles. The highest BCUT2D eigenvalue weighted by atomic mass is 16.3. The van der Waals surface area contributed by atoms with Gasteiger partial charge in [-0.2, -0.15) is 0 Å². The van der Waals surface area contributed by atoms with Crippen LogP contribution in [0.4, 0.5) is 0 Å². The van der Waals surface area contributed by atoms with Crippen LogP contribution < -0.4 is 0 Å². The van der Waals surface area contributed by atoms with Crippen molar-refractivity contribution in [2.24, 2.45) is 0 Å². The van der Waals surface area contributed by atoms with Crippen molar-refractivity contribution < 1.29 is 8.83 Å². The Morgan fingerprint density at radius 2 is 0.962 bits per heavy atom. The van der Waals surface area contributed by atoms with E-state index in [9.17, 15) is 0 Å². The zero-order valence-electron chi connectivity index (χ0n) is 28.1. The van der Waals surface area contributed by atoms with Gasteiger partial charge in [-0.25, -0.2) is 19.9 Å². The molecule has 7 aromatic carbocycles. The molecule has 0 saturated carbocycles. The van der Waals surface area contributed by atoms with Crippen LogP contribution in [0.3, 0.4) is 0 Å². The van der Waals surface area contributed by atoms with E-state index in [0.717, 1.165) is 72.0 Å². The van der Waals surface area contributed by atoms with Crippen LogP contribution in [0, 0.1) is 0 Å². The summed E-state index contributed by atoms with van der Waals surface area (Å²) in [7, 11) is 0. The van der Waals surface area contributed by atoms with Crippen LogP contribution in [0.1, 0.15) is 0 Å². The van der Waals surface area contributed by atoms with Gasteiger partial charge in [-0.3, -0.25) is 0 Å². The minimum Gasteiger partial charge on any atom is -0.456 e. The van der Waals surface area contributed by atoms with Crippen molar-refractivity contribution in [1.82, 2.24) is 24.5 Å². The van der Waals surface area contributed by atoms with Crippen LogP contribution >= 0.6 is 0 Å². The smallest absolute Gasteiger partial charge is 0.228 e. The average Bonchev–Trinajstić information content (AvgIpc) is 3.93. The number of oxazole rings is 1. The highest BCUT2D eigenvalue weighted by molar-refractivity contribution is 6.17. The predicted octanol–water partition coefficient (Wildman–Crippen LogP) is 11.7. The highest BCUT2D eigenvalue weighted by Crippen LogP contribution is 2.42. The Balaban J connectivity index is 1.14.